The summed E-state index contributed by atoms with van der Waals surface area (Å²) in [4.78, 5) is 18.5. The first-order chi connectivity index (χ1) is 15.3. The van der Waals surface area contributed by atoms with Crippen molar-refractivity contribution in [3.8, 4) is 0 Å². The molecule has 1 heterocycles. The number of ketones is 1. The average molecular weight is 429 g/mol. The van der Waals surface area contributed by atoms with E-state index in [1.807, 2.05) is 6.20 Å². The number of hydrogen-bond donors (Lipinski definition) is 0. The highest BCUT2D eigenvalue weighted by molar-refractivity contribution is 5.75. The van der Waals surface area contributed by atoms with E-state index in [0.29, 0.717) is 12.3 Å². The fourth-order valence-electron chi connectivity index (χ4n) is 3.88. The minimum atomic E-state index is 0.246. The van der Waals surface area contributed by atoms with Crippen LogP contribution >= 0.6 is 0 Å². The van der Waals surface area contributed by atoms with Gasteiger partial charge in [0.15, 0.2) is 0 Å². The molecular weight excluding hydrogens is 392 g/mol. The zero-order valence-electron chi connectivity index (χ0n) is 20.2. The first kappa shape index (κ1) is 23.7. The molecule has 32 heavy (non-hydrogen) atoms. The second-order valence-corrected chi connectivity index (χ2v) is 9.22. The molecule has 3 aromatic rings. The number of anilines is 1. The number of nitrogens with zero attached hydrogens (tertiary/aromatic N) is 2. The van der Waals surface area contributed by atoms with Crippen LogP contribution in [-0.2, 0) is 24.2 Å². The second-order valence-electron chi connectivity index (χ2n) is 9.22. The summed E-state index contributed by atoms with van der Waals surface area (Å²) < 4.78 is 0. The highest BCUT2D eigenvalue weighted by Crippen LogP contribution is 2.21. The number of rotatable bonds is 10. The molecule has 0 unspecified atom stereocenters. The van der Waals surface area contributed by atoms with Crippen LogP contribution in [0, 0.1) is 13.8 Å². The lowest BCUT2D eigenvalue weighted by Gasteiger charge is -2.25. The Morgan fingerprint density at radius 3 is 2.25 bits per heavy atom. The molecule has 0 spiro atoms. The van der Waals surface area contributed by atoms with E-state index in [0.717, 1.165) is 31.7 Å². The quantitative estimate of drug-likeness (QED) is 0.365. The van der Waals surface area contributed by atoms with Crippen molar-refractivity contribution in [3.63, 3.8) is 0 Å². The summed E-state index contributed by atoms with van der Waals surface area (Å²) in [5.41, 5.74) is 7.70. The molecule has 0 amide bonds. The molecule has 0 radical (unpaired) electrons. The molecule has 0 saturated heterocycles. The van der Waals surface area contributed by atoms with Gasteiger partial charge in [0.05, 0.1) is 0 Å². The summed E-state index contributed by atoms with van der Waals surface area (Å²) in [6, 6.07) is 19.8. The highest BCUT2D eigenvalue weighted by atomic mass is 16.1. The average Bonchev–Trinajstić information content (AvgIpc) is 2.77. The van der Waals surface area contributed by atoms with Crippen LogP contribution < -0.4 is 4.90 Å². The fourth-order valence-corrected chi connectivity index (χ4v) is 3.88. The Balaban J connectivity index is 1.75. The molecule has 0 aliphatic rings. The topological polar surface area (TPSA) is 33.2 Å². The number of carbonyl (C=O) groups excluding carboxylic acids is 1. The van der Waals surface area contributed by atoms with Crippen molar-refractivity contribution >= 4 is 11.6 Å². The van der Waals surface area contributed by atoms with Crippen LogP contribution in [0.5, 0.6) is 0 Å². The van der Waals surface area contributed by atoms with Gasteiger partial charge in [-0.15, -0.1) is 0 Å². The van der Waals surface area contributed by atoms with Crippen LogP contribution in [0.1, 0.15) is 66.5 Å². The maximum Gasteiger partial charge on any atom is 0.130 e. The molecule has 3 heteroatoms. The molecule has 3 nitrogen and oxygen atoms in total. The number of Topliss-reactive ketones (excluding diaryl/α,β-unsaturated/α-hetero) is 1. The Morgan fingerprint density at radius 1 is 0.938 bits per heavy atom. The van der Waals surface area contributed by atoms with Gasteiger partial charge in [-0.2, -0.15) is 0 Å². The first-order valence-electron chi connectivity index (χ1n) is 11.7. The molecule has 0 bridgehead atoms. The summed E-state index contributed by atoms with van der Waals surface area (Å²) >= 11 is 0. The third-order valence-corrected chi connectivity index (χ3v) is 6.08. The number of aromatic nitrogens is 1. The minimum absolute atomic E-state index is 0.246. The molecule has 0 N–H and O–H groups in total. The normalized spacial score (nSPS) is 11.1. The van der Waals surface area contributed by atoms with Crippen molar-refractivity contribution in [1.82, 2.24) is 4.98 Å². The fraction of sp³-hybridized carbons (Fsp3) is 0.379. The van der Waals surface area contributed by atoms with Crippen LogP contribution in [0.2, 0.25) is 0 Å². The van der Waals surface area contributed by atoms with Gasteiger partial charge >= 0.3 is 0 Å². The van der Waals surface area contributed by atoms with Gasteiger partial charge in [0.1, 0.15) is 11.6 Å². The van der Waals surface area contributed by atoms with Gasteiger partial charge in [-0.05, 0) is 73.4 Å². The zero-order valence-corrected chi connectivity index (χ0v) is 20.2. The number of carbonyl (C=O) groups is 1. The first-order valence-corrected chi connectivity index (χ1v) is 11.7. The molecule has 168 valence electrons. The van der Waals surface area contributed by atoms with Crippen molar-refractivity contribution in [2.75, 3.05) is 11.4 Å². The zero-order chi connectivity index (χ0) is 23.1. The third-order valence-electron chi connectivity index (χ3n) is 6.08. The van der Waals surface area contributed by atoms with Crippen LogP contribution in [0.25, 0.3) is 0 Å². The monoisotopic (exact) mass is 428 g/mol. The highest BCUT2D eigenvalue weighted by Gasteiger charge is 2.11. The van der Waals surface area contributed by atoms with Gasteiger partial charge in [-0.1, -0.05) is 67.9 Å². The Bertz CT molecular complexity index is 1020. The lowest BCUT2D eigenvalue weighted by Crippen LogP contribution is -2.26. The van der Waals surface area contributed by atoms with E-state index >= 15 is 0 Å². The van der Waals surface area contributed by atoms with Crippen LogP contribution in [0.3, 0.4) is 0 Å². The molecule has 0 atom stereocenters. The van der Waals surface area contributed by atoms with Gasteiger partial charge in [0.2, 0.25) is 0 Å². The van der Waals surface area contributed by atoms with Crippen LogP contribution in [-0.4, -0.2) is 17.3 Å². The van der Waals surface area contributed by atoms with Crippen molar-refractivity contribution < 1.29 is 4.79 Å². The smallest absolute Gasteiger partial charge is 0.130 e. The van der Waals surface area contributed by atoms with Crippen LogP contribution in [0.15, 0.2) is 60.8 Å². The summed E-state index contributed by atoms with van der Waals surface area (Å²) in [7, 11) is 0. The number of pyridine rings is 1. The Kier molecular flexibility index (Phi) is 8.21. The Labute approximate surface area is 193 Å². The van der Waals surface area contributed by atoms with E-state index in [1.165, 1.54) is 33.4 Å². The van der Waals surface area contributed by atoms with Crippen LogP contribution in [0.4, 0.5) is 5.82 Å². The van der Waals surface area contributed by atoms with E-state index in [-0.39, 0.29) is 5.78 Å². The van der Waals surface area contributed by atoms with Gasteiger partial charge in [-0.3, -0.25) is 0 Å². The Morgan fingerprint density at radius 2 is 1.66 bits per heavy atom. The minimum Gasteiger partial charge on any atom is -0.352 e. The molecule has 3 rings (SSSR count). The summed E-state index contributed by atoms with van der Waals surface area (Å²) in [6.07, 6.45) is 4.40. The number of benzene rings is 2. The molecule has 2 aromatic carbocycles. The van der Waals surface area contributed by atoms with E-state index in [9.17, 15) is 4.79 Å². The standard InChI is InChI=1S/C29H36N2O/c1-21(2)28-14-15-29(30-19-28)31(20-26-9-6-22(3)7-10-26)17-16-25-11-13-27(23(4)18-25)12-8-24(5)32/h6-7,9-11,13-15,18-19,21H,8,12,16-17,20H2,1-5H3. The number of aryl methyl sites for hydroxylation is 3. The van der Waals surface area contributed by atoms with Gasteiger partial charge in [-0.25, -0.2) is 4.98 Å². The molecule has 0 fully saturated rings. The summed E-state index contributed by atoms with van der Waals surface area (Å²) in [5.74, 6) is 1.74. The number of hydrogen-bond acceptors (Lipinski definition) is 3. The van der Waals surface area contributed by atoms with Gasteiger partial charge in [0.25, 0.3) is 0 Å². The van der Waals surface area contributed by atoms with Crippen molar-refractivity contribution in [2.45, 2.75) is 66.3 Å². The molecule has 0 saturated carbocycles. The molecule has 0 aliphatic carbocycles. The largest absolute Gasteiger partial charge is 0.352 e. The van der Waals surface area contributed by atoms with E-state index in [4.69, 9.17) is 4.98 Å². The lowest BCUT2D eigenvalue weighted by atomic mass is 9.99. The Hall–Kier alpha value is -2.94. The van der Waals surface area contributed by atoms with E-state index in [1.54, 1.807) is 6.92 Å². The van der Waals surface area contributed by atoms with Gasteiger partial charge < -0.3 is 9.69 Å². The molecule has 1 aromatic heterocycles. The third kappa shape index (κ3) is 6.78. The maximum absolute atomic E-state index is 11.3. The lowest BCUT2D eigenvalue weighted by molar-refractivity contribution is -0.116. The summed E-state index contributed by atoms with van der Waals surface area (Å²) in [6.45, 7) is 12.1. The van der Waals surface area contributed by atoms with Crippen molar-refractivity contribution in [1.29, 1.82) is 0 Å². The van der Waals surface area contributed by atoms with E-state index < -0.39 is 0 Å². The SMILES string of the molecule is CC(=O)CCc1ccc(CCN(Cc2ccc(C)cc2)c2ccc(C(C)C)cn2)cc1C. The second kappa shape index (κ2) is 11.1. The summed E-state index contributed by atoms with van der Waals surface area (Å²) in [5, 5.41) is 0. The maximum atomic E-state index is 11.3. The predicted molar refractivity (Wildman–Crippen MR) is 134 cm³/mol. The predicted octanol–water partition coefficient (Wildman–Crippen LogP) is 6.59. The van der Waals surface area contributed by atoms with Gasteiger partial charge in [0, 0.05) is 25.7 Å². The van der Waals surface area contributed by atoms with E-state index in [2.05, 4.69) is 87.2 Å². The van der Waals surface area contributed by atoms with Crippen molar-refractivity contribution in [2.24, 2.45) is 0 Å². The van der Waals surface area contributed by atoms with Crippen molar-refractivity contribution in [3.05, 3.63) is 94.2 Å². The molecule has 0 aliphatic heterocycles. The molecular formula is C29H36N2O.